The van der Waals surface area contributed by atoms with E-state index in [9.17, 15) is 0 Å². The molecule has 0 radical (unpaired) electrons. The number of rotatable bonds is 4. The summed E-state index contributed by atoms with van der Waals surface area (Å²) in [5.41, 5.74) is 5.79. The van der Waals surface area contributed by atoms with Gasteiger partial charge in [0.25, 0.3) is 0 Å². The van der Waals surface area contributed by atoms with Crippen LogP contribution in [-0.2, 0) is 0 Å². The molecule has 1 aromatic rings. The maximum atomic E-state index is 3.58. The highest BCUT2D eigenvalue weighted by molar-refractivity contribution is 5.39. The third-order valence-corrected chi connectivity index (χ3v) is 5.11. The van der Waals surface area contributed by atoms with E-state index in [-0.39, 0.29) is 5.54 Å². The molecule has 112 valence electrons. The van der Waals surface area contributed by atoms with E-state index in [1.807, 2.05) is 0 Å². The quantitative estimate of drug-likeness (QED) is 0.899. The topological polar surface area (TPSA) is 15.3 Å². The Morgan fingerprint density at radius 1 is 1.00 bits per heavy atom. The number of hydrogen-bond acceptors (Lipinski definition) is 2. The van der Waals surface area contributed by atoms with Gasteiger partial charge in [0, 0.05) is 5.54 Å². The minimum Gasteiger partial charge on any atom is -0.311 e. The van der Waals surface area contributed by atoms with E-state index in [4.69, 9.17) is 0 Å². The molecule has 1 saturated heterocycles. The summed E-state index contributed by atoms with van der Waals surface area (Å²) in [4.78, 5) is 2.64. The highest BCUT2D eigenvalue weighted by Gasteiger charge is 2.37. The van der Waals surface area contributed by atoms with Gasteiger partial charge in [-0.25, -0.2) is 0 Å². The molecular weight excluding hydrogens is 244 g/mol. The lowest BCUT2D eigenvalue weighted by molar-refractivity contribution is 0.110. The summed E-state index contributed by atoms with van der Waals surface area (Å²) in [5.74, 6) is 0. The molecular formula is C18H30N2. The Morgan fingerprint density at radius 3 is 2.10 bits per heavy atom. The summed E-state index contributed by atoms with van der Waals surface area (Å²) in [5, 5.41) is 3.58. The Morgan fingerprint density at radius 2 is 1.55 bits per heavy atom. The SMILES string of the molecule is CNC(c1cc(C)c(C)cc1C)C(C)(C)N1CCCC1. The molecule has 0 bridgehead atoms. The minimum absolute atomic E-state index is 0.151. The van der Waals surface area contributed by atoms with Crippen molar-refractivity contribution in [3.8, 4) is 0 Å². The fraction of sp³-hybridized carbons (Fsp3) is 0.667. The third kappa shape index (κ3) is 2.77. The number of likely N-dealkylation sites (tertiary alicyclic amines) is 1. The predicted octanol–water partition coefficient (Wildman–Crippen LogP) is 3.75. The molecule has 1 unspecified atom stereocenters. The van der Waals surface area contributed by atoms with Crippen LogP contribution in [0.3, 0.4) is 0 Å². The average Bonchev–Trinajstić information content (AvgIpc) is 2.90. The van der Waals surface area contributed by atoms with Crippen LogP contribution >= 0.6 is 0 Å². The molecule has 1 heterocycles. The van der Waals surface area contributed by atoms with Crippen molar-refractivity contribution >= 4 is 0 Å². The Labute approximate surface area is 124 Å². The lowest BCUT2D eigenvalue weighted by atomic mass is 9.83. The van der Waals surface area contributed by atoms with Gasteiger partial charge in [0.15, 0.2) is 0 Å². The first kappa shape index (κ1) is 15.5. The highest BCUT2D eigenvalue weighted by Crippen LogP contribution is 2.35. The molecule has 0 amide bonds. The lowest BCUT2D eigenvalue weighted by Crippen LogP contribution is -2.51. The van der Waals surface area contributed by atoms with Crippen LogP contribution in [0, 0.1) is 20.8 Å². The van der Waals surface area contributed by atoms with E-state index >= 15 is 0 Å². The summed E-state index contributed by atoms with van der Waals surface area (Å²) in [6, 6.07) is 5.08. The van der Waals surface area contributed by atoms with Gasteiger partial charge in [-0.05, 0) is 89.9 Å². The van der Waals surface area contributed by atoms with Crippen molar-refractivity contribution in [2.24, 2.45) is 0 Å². The van der Waals surface area contributed by atoms with Gasteiger partial charge in [0.05, 0.1) is 6.04 Å². The molecule has 1 aliphatic heterocycles. The van der Waals surface area contributed by atoms with Crippen molar-refractivity contribution in [3.05, 3.63) is 34.4 Å². The maximum absolute atomic E-state index is 3.58. The molecule has 2 nitrogen and oxygen atoms in total. The second-order valence-electron chi connectivity index (χ2n) is 6.86. The Hall–Kier alpha value is -0.860. The molecule has 1 N–H and O–H groups in total. The highest BCUT2D eigenvalue weighted by atomic mass is 15.2. The van der Waals surface area contributed by atoms with Gasteiger partial charge in [-0.1, -0.05) is 12.1 Å². The third-order valence-electron chi connectivity index (χ3n) is 5.11. The van der Waals surface area contributed by atoms with Crippen LogP contribution < -0.4 is 5.32 Å². The van der Waals surface area contributed by atoms with Gasteiger partial charge in [0.2, 0.25) is 0 Å². The van der Waals surface area contributed by atoms with Crippen LogP contribution in [0.4, 0.5) is 0 Å². The van der Waals surface area contributed by atoms with E-state index in [1.54, 1.807) is 0 Å². The Kier molecular flexibility index (Phi) is 4.55. The summed E-state index contributed by atoms with van der Waals surface area (Å²) < 4.78 is 0. The number of benzene rings is 1. The monoisotopic (exact) mass is 274 g/mol. The number of nitrogens with zero attached hydrogens (tertiary/aromatic N) is 1. The Bertz CT molecular complexity index is 471. The van der Waals surface area contributed by atoms with Crippen molar-refractivity contribution in [2.45, 2.75) is 59.0 Å². The van der Waals surface area contributed by atoms with Crippen LogP contribution in [0.2, 0.25) is 0 Å². The molecule has 0 aliphatic carbocycles. The fourth-order valence-electron chi connectivity index (χ4n) is 3.66. The zero-order valence-corrected chi connectivity index (χ0v) is 14.0. The lowest BCUT2D eigenvalue weighted by Gasteiger charge is -2.43. The van der Waals surface area contributed by atoms with E-state index in [0.717, 1.165) is 0 Å². The maximum Gasteiger partial charge on any atom is 0.0502 e. The van der Waals surface area contributed by atoms with Gasteiger partial charge in [-0.2, -0.15) is 0 Å². The zero-order chi connectivity index (χ0) is 14.9. The van der Waals surface area contributed by atoms with E-state index < -0.39 is 0 Å². The molecule has 1 aromatic carbocycles. The Balaban J connectivity index is 2.38. The first-order chi connectivity index (χ1) is 9.37. The molecule has 0 spiro atoms. The largest absolute Gasteiger partial charge is 0.311 e. The molecule has 0 saturated carbocycles. The van der Waals surface area contributed by atoms with Crippen molar-refractivity contribution in [2.75, 3.05) is 20.1 Å². The van der Waals surface area contributed by atoms with Gasteiger partial charge in [0.1, 0.15) is 0 Å². The summed E-state index contributed by atoms with van der Waals surface area (Å²) in [7, 11) is 2.09. The summed E-state index contributed by atoms with van der Waals surface area (Å²) in [6.45, 7) is 13.9. The fourth-order valence-corrected chi connectivity index (χ4v) is 3.66. The van der Waals surface area contributed by atoms with Crippen LogP contribution in [0.5, 0.6) is 0 Å². The number of nitrogens with one attached hydrogen (secondary N) is 1. The second kappa shape index (κ2) is 5.87. The first-order valence-corrected chi connectivity index (χ1v) is 7.88. The van der Waals surface area contributed by atoms with Crippen LogP contribution in [0.25, 0.3) is 0 Å². The van der Waals surface area contributed by atoms with Crippen LogP contribution in [0.1, 0.15) is 55.0 Å². The molecule has 2 rings (SSSR count). The number of aryl methyl sites for hydroxylation is 3. The molecule has 2 heteroatoms. The van der Waals surface area contributed by atoms with Gasteiger partial charge < -0.3 is 5.32 Å². The zero-order valence-electron chi connectivity index (χ0n) is 14.0. The molecule has 1 aliphatic rings. The molecule has 0 aromatic heterocycles. The normalized spacial score (nSPS) is 18.5. The first-order valence-electron chi connectivity index (χ1n) is 7.88. The second-order valence-corrected chi connectivity index (χ2v) is 6.86. The predicted molar refractivity (Wildman–Crippen MR) is 87.3 cm³/mol. The van der Waals surface area contributed by atoms with E-state index in [1.165, 1.54) is 48.2 Å². The average molecular weight is 274 g/mol. The van der Waals surface area contributed by atoms with Crippen molar-refractivity contribution in [3.63, 3.8) is 0 Å². The van der Waals surface area contributed by atoms with Crippen molar-refractivity contribution < 1.29 is 0 Å². The standard InChI is InChI=1S/C18H30N2/c1-13-11-15(3)16(12-14(13)2)17(19-6)18(4,5)20-9-7-8-10-20/h11-12,17,19H,7-10H2,1-6H3. The molecule has 20 heavy (non-hydrogen) atoms. The molecule has 1 fully saturated rings. The minimum atomic E-state index is 0.151. The van der Waals surface area contributed by atoms with E-state index in [0.29, 0.717) is 6.04 Å². The van der Waals surface area contributed by atoms with Gasteiger partial charge in [-0.3, -0.25) is 4.90 Å². The smallest absolute Gasteiger partial charge is 0.0502 e. The molecule has 1 atom stereocenters. The van der Waals surface area contributed by atoms with Crippen molar-refractivity contribution in [1.29, 1.82) is 0 Å². The summed E-state index contributed by atoms with van der Waals surface area (Å²) >= 11 is 0. The van der Waals surface area contributed by atoms with E-state index in [2.05, 4.69) is 64.0 Å². The van der Waals surface area contributed by atoms with Crippen LogP contribution in [0.15, 0.2) is 12.1 Å². The van der Waals surface area contributed by atoms with Gasteiger partial charge in [-0.15, -0.1) is 0 Å². The van der Waals surface area contributed by atoms with Crippen LogP contribution in [-0.4, -0.2) is 30.6 Å². The van der Waals surface area contributed by atoms with Gasteiger partial charge >= 0.3 is 0 Å². The summed E-state index contributed by atoms with van der Waals surface area (Å²) in [6.07, 6.45) is 2.68. The van der Waals surface area contributed by atoms with Crippen molar-refractivity contribution in [1.82, 2.24) is 10.2 Å². The number of hydrogen-bond donors (Lipinski definition) is 1. The number of likely N-dealkylation sites (N-methyl/N-ethyl adjacent to an activating group) is 1.